The Hall–Kier alpha value is -1.19. The van der Waals surface area contributed by atoms with Crippen LogP contribution in [-0.2, 0) is 19.6 Å². The lowest BCUT2D eigenvalue weighted by Gasteiger charge is -2.29. The molecule has 33 heavy (non-hydrogen) atoms. The Kier molecular flexibility index (Phi) is 14.2. The molecule has 8 nitrogen and oxygen atoms in total. The molecule has 3 N–H and O–H groups in total. The third-order valence-corrected chi connectivity index (χ3v) is 8.42. The fraction of sp³-hybridized carbons (Fsp3) is 0.917. The van der Waals surface area contributed by atoms with Crippen LogP contribution in [0.3, 0.4) is 0 Å². The number of nitrogens with one attached hydrogen (secondary N) is 2. The van der Waals surface area contributed by atoms with Gasteiger partial charge in [-0.2, -0.15) is 0 Å². The smallest absolute Gasteiger partial charge is 0.222 e. The second kappa shape index (κ2) is 15.7. The van der Waals surface area contributed by atoms with Crippen molar-refractivity contribution in [1.82, 2.24) is 14.9 Å². The Morgan fingerprint density at radius 2 is 1.91 bits per heavy atom. The predicted molar refractivity (Wildman–Crippen MR) is 132 cm³/mol. The zero-order chi connectivity index (χ0) is 24.9. The van der Waals surface area contributed by atoms with Gasteiger partial charge in [-0.15, -0.1) is 0 Å². The maximum atomic E-state index is 12.6. The summed E-state index contributed by atoms with van der Waals surface area (Å²) in [4.78, 5) is 24.9. The lowest BCUT2D eigenvalue weighted by atomic mass is 9.89. The second-order valence-electron chi connectivity index (χ2n) is 9.81. The summed E-state index contributed by atoms with van der Waals surface area (Å²) in [5, 5.41) is 16.7. The molecule has 9 heteroatoms. The first kappa shape index (κ1) is 29.8. The Morgan fingerprint density at radius 1 is 1.24 bits per heavy atom. The van der Waals surface area contributed by atoms with Crippen LogP contribution in [0.4, 0.5) is 0 Å². The molecule has 0 aromatic carbocycles. The molecule has 0 spiro atoms. The van der Waals surface area contributed by atoms with Crippen LogP contribution in [0, 0.1) is 11.8 Å². The first-order valence-electron chi connectivity index (χ1n) is 12.8. The van der Waals surface area contributed by atoms with E-state index in [0.29, 0.717) is 25.4 Å². The number of unbranched alkanes of at least 4 members (excludes halogenated alkanes) is 1. The van der Waals surface area contributed by atoms with Crippen LogP contribution in [-0.4, -0.2) is 67.7 Å². The average Bonchev–Trinajstić information content (AvgIpc) is 2.75. The molecule has 0 aliphatic carbocycles. The van der Waals surface area contributed by atoms with E-state index in [9.17, 15) is 23.1 Å². The van der Waals surface area contributed by atoms with Gasteiger partial charge in [0.2, 0.25) is 21.8 Å². The van der Waals surface area contributed by atoms with Crippen LogP contribution >= 0.6 is 0 Å². The van der Waals surface area contributed by atoms with Crippen molar-refractivity contribution in [3.63, 3.8) is 0 Å². The van der Waals surface area contributed by atoms with Crippen molar-refractivity contribution in [2.75, 3.05) is 25.9 Å². The molecular formula is C24H47N3O5S. The van der Waals surface area contributed by atoms with E-state index in [2.05, 4.69) is 24.5 Å². The van der Waals surface area contributed by atoms with Crippen molar-refractivity contribution in [2.45, 2.75) is 104 Å². The van der Waals surface area contributed by atoms with E-state index in [1.165, 1.54) is 4.31 Å². The fourth-order valence-electron chi connectivity index (χ4n) is 4.21. The monoisotopic (exact) mass is 489 g/mol. The van der Waals surface area contributed by atoms with Crippen LogP contribution in [0.15, 0.2) is 0 Å². The van der Waals surface area contributed by atoms with Gasteiger partial charge in [0, 0.05) is 32.5 Å². The largest absolute Gasteiger partial charge is 0.391 e. The fourth-order valence-corrected chi connectivity index (χ4v) is 5.38. The number of carbonyl (C=O) groups is 2. The van der Waals surface area contributed by atoms with Gasteiger partial charge in [0.15, 0.2) is 0 Å². The summed E-state index contributed by atoms with van der Waals surface area (Å²) in [6, 6.07) is -0.508. The van der Waals surface area contributed by atoms with Crippen LogP contribution < -0.4 is 10.6 Å². The molecule has 0 aromatic rings. The number of rotatable bonds is 7. The van der Waals surface area contributed by atoms with Gasteiger partial charge in [0.25, 0.3) is 0 Å². The third-order valence-electron chi connectivity index (χ3n) is 6.57. The number of hydrogen-bond donors (Lipinski definition) is 3. The predicted octanol–water partition coefficient (Wildman–Crippen LogP) is 2.81. The van der Waals surface area contributed by atoms with Crippen molar-refractivity contribution in [1.29, 1.82) is 0 Å². The number of nitrogens with zero attached hydrogens (tertiary/aromatic N) is 1. The van der Waals surface area contributed by atoms with Gasteiger partial charge in [0.1, 0.15) is 0 Å². The van der Waals surface area contributed by atoms with E-state index in [1.54, 1.807) is 14.0 Å². The number of amides is 2. The molecule has 2 amide bonds. The minimum absolute atomic E-state index is 0.0933. The van der Waals surface area contributed by atoms with E-state index in [4.69, 9.17) is 0 Å². The molecule has 0 aromatic heterocycles. The van der Waals surface area contributed by atoms with Crippen molar-refractivity contribution in [3.8, 4) is 0 Å². The number of carbonyl (C=O) groups excluding carboxylic acids is 2. The molecular weight excluding hydrogens is 442 g/mol. The maximum Gasteiger partial charge on any atom is 0.222 e. The second-order valence-corrected chi connectivity index (χ2v) is 12.0. The zero-order valence-electron chi connectivity index (χ0n) is 21.1. The quantitative estimate of drug-likeness (QED) is 0.476. The lowest BCUT2D eigenvalue weighted by molar-refractivity contribution is -0.125. The molecule has 1 heterocycles. The minimum Gasteiger partial charge on any atom is -0.391 e. The standard InChI is InChI=1S/C24H47N3O5S/c1-5-6-14-25-24(30)20(3)18-22(28)21-17-19(2)12-10-8-7-9-11-15-27(4)33(31,32)16-13-23(29)26-21/h19-22,28H,5-18H2,1-4H3,(H,25,30)(H,26,29)/t19-,20-,21+,22+/m1/s1. The van der Waals surface area contributed by atoms with E-state index < -0.39 is 22.2 Å². The Balaban J connectivity index is 2.82. The van der Waals surface area contributed by atoms with Crippen LogP contribution in [0.5, 0.6) is 0 Å². The molecule has 1 aliphatic rings. The highest BCUT2D eigenvalue weighted by molar-refractivity contribution is 7.89. The Morgan fingerprint density at radius 3 is 2.61 bits per heavy atom. The molecule has 1 aliphatic heterocycles. The summed E-state index contributed by atoms with van der Waals surface area (Å²) in [5.41, 5.74) is 0. The summed E-state index contributed by atoms with van der Waals surface area (Å²) < 4.78 is 26.3. The van der Waals surface area contributed by atoms with E-state index in [1.807, 2.05) is 0 Å². The van der Waals surface area contributed by atoms with Crippen LogP contribution in [0.2, 0.25) is 0 Å². The maximum absolute atomic E-state index is 12.6. The van der Waals surface area contributed by atoms with Gasteiger partial charge in [-0.3, -0.25) is 9.59 Å². The molecule has 1 saturated heterocycles. The summed E-state index contributed by atoms with van der Waals surface area (Å²) in [5.74, 6) is -0.788. The lowest BCUT2D eigenvalue weighted by Crippen LogP contribution is -2.46. The highest BCUT2D eigenvalue weighted by Crippen LogP contribution is 2.21. The SMILES string of the molecule is CCCCNC(=O)[C@H](C)C[C@H](O)[C@@H]1C[C@H](C)CCCCCCCN(C)S(=O)(=O)CCC(=O)N1. The summed E-state index contributed by atoms with van der Waals surface area (Å²) in [6.07, 6.45) is 7.82. The molecule has 0 bridgehead atoms. The van der Waals surface area contributed by atoms with Gasteiger partial charge >= 0.3 is 0 Å². The third kappa shape index (κ3) is 12.2. The first-order valence-corrected chi connectivity index (χ1v) is 14.4. The topological polar surface area (TPSA) is 116 Å². The number of aliphatic hydroxyl groups is 1. The van der Waals surface area contributed by atoms with Gasteiger partial charge < -0.3 is 15.7 Å². The Labute approximate surface area is 201 Å². The van der Waals surface area contributed by atoms with Crippen molar-refractivity contribution < 1.29 is 23.1 Å². The van der Waals surface area contributed by atoms with Gasteiger partial charge in [-0.1, -0.05) is 59.3 Å². The summed E-state index contributed by atoms with van der Waals surface area (Å²) in [7, 11) is -1.92. The van der Waals surface area contributed by atoms with Crippen molar-refractivity contribution in [3.05, 3.63) is 0 Å². The molecule has 0 saturated carbocycles. The highest BCUT2D eigenvalue weighted by Gasteiger charge is 2.28. The van der Waals surface area contributed by atoms with E-state index >= 15 is 0 Å². The Bertz CT molecular complexity index is 686. The molecule has 4 atom stereocenters. The van der Waals surface area contributed by atoms with Crippen molar-refractivity contribution in [2.24, 2.45) is 11.8 Å². The van der Waals surface area contributed by atoms with E-state index in [-0.39, 0.29) is 36.3 Å². The van der Waals surface area contributed by atoms with Gasteiger partial charge in [-0.05, 0) is 31.6 Å². The molecule has 194 valence electrons. The summed E-state index contributed by atoms with van der Waals surface area (Å²) in [6.45, 7) is 7.06. The molecule has 0 radical (unpaired) electrons. The van der Waals surface area contributed by atoms with Crippen LogP contribution in [0.1, 0.15) is 91.4 Å². The average molecular weight is 490 g/mol. The van der Waals surface area contributed by atoms with Crippen LogP contribution in [0.25, 0.3) is 0 Å². The van der Waals surface area contributed by atoms with Crippen molar-refractivity contribution >= 4 is 21.8 Å². The zero-order valence-corrected chi connectivity index (χ0v) is 22.0. The van der Waals surface area contributed by atoms with E-state index in [0.717, 1.165) is 51.4 Å². The minimum atomic E-state index is -3.49. The number of aliphatic hydroxyl groups excluding tert-OH is 1. The molecule has 0 unspecified atom stereocenters. The van der Waals surface area contributed by atoms with Gasteiger partial charge in [0.05, 0.1) is 17.9 Å². The first-order chi connectivity index (χ1) is 15.6. The molecule has 1 rings (SSSR count). The number of hydrogen-bond acceptors (Lipinski definition) is 5. The molecule has 1 fully saturated rings. The summed E-state index contributed by atoms with van der Waals surface area (Å²) >= 11 is 0. The normalized spacial score (nSPS) is 26.2. The highest BCUT2D eigenvalue weighted by atomic mass is 32.2. The number of sulfonamides is 1. The van der Waals surface area contributed by atoms with Gasteiger partial charge in [-0.25, -0.2) is 12.7 Å².